The van der Waals surface area contributed by atoms with E-state index in [-0.39, 0.29) is 21.4 Å². The molecule has 2 rings (SSSR count). The maximum atomic E-state index is 13.0. The number of hydrogen-bond donors (Lipinski definition) is 3. The molecule has 0 bridgehead atoms. The van der Waals surface area contributed by atoms with Crippen molar-refractivity contribution in [2.45, 2.75) is 0 Å². The largest absolute Gasteiger partial charge is 0.410 e. The number of rotatable bonds is 3. The molecule has 0 saturated heterocycles. The van der Waals surface area contributed by atoms with Crippen LogP contribution in [-0.2, 0) is 4.79 Å². The zero-order valence-electron chi connectivity index (χ0n) is 9.80. The summed E-state index contributed by atoms with van der Waals surface area (Å²) in [6, 6.07) is 2.85. The zero-order chi connectivity index (χ0) is 14.7. The van der Waals surface area contributed by atoms with Crippen molar-refractivity contribution in [3.63, 3.8) is 0 Å². The van der Waals surface area contributed by atoms with Gasteiger partial charge in [0.2, 0.25) is 0 Å². The van der Waals surface area contributed by atoms with Gasteiger partial charge in [-0.2, -0.15) is 0 Å². The van der Waals surface area contributed by atoms with Crippen molar-refractivity contribution in [3.8, 4) is 0 Å². The van der Waals surface area contributed by atoms with E-state index < -0.39 is 17.5 Å². The fourth-order valence-corrected chi connectivity index (χ4v) is 2.03. The molecule has 9 heteroatoms. The van der Waals surface area contributed by atoms with Gasteiger partial charge in [-0.25, -0.2) is 13.8 Å². The Bertz CT molecular complexity index is 687. The van der Waals surface area contributed by atoms with Crippen molar-refractivity contribution in [1.82, 2.24) is 4.98 Å². The SMILES string of the molecule is Nc1ncc(/C(=N\O)C(=O)Nc2ccc(F)c(F)c2)s1. The minimum atomic E-state index is -1.10. The van der Waals surface area contributed by atoms with Crippen molar-refractivity contribution in [3.05, 3.63) is 40.9 Å². The predicted octanol–water partition coefficient (Wildman–Crippen LogP) is 1.82. The molecule has 0 aliphatic carbocycles. The molecule has 0 aliphatic heterocycles. The van der Waals surface area contributed by atoms with Gasteiger partial charge in [-0.1, -0.05) is 16.5 Å². The molecule has 1 amide bonds. The standard InChI is InChI=1S/C11H8F2N4O2S/c12-6-2-1-5(3-7(6)13)16-10(18)9(17-19)8-4-15-11(14)20-8/h1-4,19H,(H2,14,15)(H,16,18)/b17-9+. The van der Waals surface area contributed by atoms with Gasteiger partial charge in [-0.05, 0) is 12.1 Å². The van der Waals surface area contributed by atoms with Crippen molar-refractivity contribution >= 4 is 33.8 Å². The van der Waals surface area contributed by atoms with Gasteiger partial charge < -0.3 is 16.3 Å². The van der Waals surface area contributed by atoms with Crippen LogP contribution in [0, 0.1) is 11.6 Å². The lowest BCUT2D eigenvalue weighted by Crippen LogP contribution is -2.23. The van der Waals surface area contributed by atoms with Crippen LogP contribution in [0.3, 0.4) is 0 Å². The van der Waals surface area contributed by atoms with Crippen LogP contribution in [0.4, 0.5) is 19.6 Å². The molecular weight excluding hydrogens is 290 g/mol. The van der Waals surface area contributed by atoms with E-state index in [4.69, 9.17) is 10.9 Å². The lowest BCUT2D eigenvalue weighted by Gasteiger charge is -2.05. The summed E-state index contributed by atoms with van der Waals surface area (Å²) in [5.74, 6) is -2.94. The van der Waals surface area contributed by atoms with Crippen LogP contribution in [-0.4, -0.2) is 21.8 Å². The first-order valence-electron chi connectivity index (χ1n) is 5.21. The highest BCUT2D eigenvalue weighted by atomic mass is 32.1. The molecule has 20 heavy (non-hydrogen) atoms. The molecule has 0 atom stereocenters. The highest BCUT2D eigenvalue weighted by molar-refractivity contribution is 7.18. The van der Waals surface area contributed by atoms with Crippen LogP contribution >= 0.6 is 11.3 Å². The van der Waals surface area contributed by atoms with E-state index in [0.717, 1.165) is 23.5 Å². The molecule has 1 aromatic carbocycles. The third-order valence-corrected chi connectivity index (χ3v) is 3.08. The van der Waals surface area contributed by atoms with Gasteiger partial charge in [-0.15, -0.1) is 0 Å². The third kappa shape index (κ3) is 2.88. The zero-order valence-corrected chi connectivity index (χ0v) is 10.6. The first-order valence-corrected chi connectivity index (χ1v) is 6.03. The molecule has 2 aromatic rings. The molecule has 1 heterocycles. The Balaban J connectivity index is 2.20. The first kappa shape index (κ1) is 13.9. The summed E-state index contributed by atoms with van der Waals surface area (Å²) in [5, 5.41) is 14.2. The van der Waals surface area contributed by atoms with Gasteiger partial charge in [0.05, 0.1) is 4.88 Å². The van der Waals surface area contributed by atoms with E-state index >= 15 is 0 Å². The van der Waals surface area contributed by atoms with Gasteiger partial charge in [-0.3, -0.25) is 4.79 Å². The second kappa shape index (κ2) is 5.61. The number of anilines is 2. The maximum Gasteiger partial charge on any atom is 0.279 e. The quantitative estimate of drug-likeness (QED) is 0.457. The second-order valence-electron chi connectivity index (χ2n) is 3.59. The fraction of sp³-hybridized carbons (Fsp3) is 0. The van der Waals surface area contributed by atoms with Crippen molar-refractivity contribution < 1.29 is 18.8 Å². The number of nitrogens with one attached hydrogen (secondary N) is 1. The molecule has 0 saturated carbocycles. The summed E-state index contributed by atoms with van der Waals surface area (Å²) in [7, 11) is 0. The van der Waals surface area contributed by atoms with Crippen LogP contribution in [0.1, 0.15) is 4.88 Å². The summed E-state index contributed by atoms with van der Waals surface area (Å²) in [6.07, 6.45) is 1.26. The Morgan fingerprint density at radius 2 is 2.15 bits per heavy atom. The van der Waals surface area contributed by atoms with Gasteiger partial charge in [0, 0.05) is 18.0 Å². The van der Waals surface area contributed by atoms with Gasteiger partial charge >= 0.3 is 0 Å². The van der Waals surface area contributed by atoms with E-state index in [2.05, 4.69) is 15.5 Å². The fourth-order valence-electron chi connectivity index (χ4n) is 1.37. The summed E-state index contributed by atoms with van der Waals surface area (Å²) < 4.78 is 25.8. The molecule has 1 aromatic heterocycles. The Kier molecular flexibility index (Phi) is 3.89. The summed E-state index contributed by atoms with van der Waals surface area (Å²) in [4.78, 5) is 15.8. The molecule has 0 radical (unpaired) electrons. The summed E-state index contributed by atoms with van der Waals surface area (Å²) >= 11 is 0.946. The topological polar surface area (TPSA) is 101 Å². The van der Waals surface area contributed by atoms with Crippen LogP contribution in [0.5, 0.6) is 0 Å². The summed E-state index contributed by atoms with van der Waals surface area (Å²) in [6.45, 7) is 0. The Morgan fingerprint density at radius 3 is 2.70 bits per heavy atom. The van der Waals surface area contributed by atoms with Gasteiger partial charge in [0.25, 0.3) is 5.91 Å². The molecule has 0 unspecified atom stereocenters. The van der Waals surface area contributed by atoms with E-state index in [0.29, 0.717) is 0 Å². The number of nitrogens with zero attached hydrogens (tertiary/aromatic N) is 2. The molecule has 4 N–H and O–H groups in total. The molecule has 0 aliphatic rings. The van der Waals surface area contributed by atoms with E-state index in [1.165, 1.54) is 12.3 Å². The van der Waals surface area contributed by atoms with Crippen molar-refractivity contribution in [2.75, 3.05) is 11.1 Å². The average Bonchev–Trinajstić information content (AvgIpc) is 2.81. The molecule has 6 nitrogen and oxygen atoms in total. The number of nitrogens with two attached hydrogens (primary N) is 1. The first-order chi connectivity index (χ1) is 9.51. The Hall–Kier alpha value is -2.55. The van der Waals surface area contributed by atoms with Crippen LogP contribution in [0.15, 0.2) is 29.6 Å². The number of benzene rings is 1. The highest BCUT2D eigenvalue weighted by Crippen LogP contribution is 2.17. The number of carbonyl (C=O) groups is 1. The smallest absolute Gasteiger partial charge is 0.279 e. The maximum absolute atomic E-state index is 13.0. The van der Waals surface area contributed by atoms with E-state index in [1.807, 2.05) is 0 Å². The highest BCUT2D eigenvalue weighted by Gasteiger charge is 2.18. The number of amides is 1. The van der Waals surface area contributed by atoms with Gasteiger partial charge in [0.15, 0.2) is 22.5 Å². The number of halogens is 2. The molecule has 0 fully saturated rings. The summed E-state index contributed by atoms with van der Waals surface area (Å²) in [5.41, 5.74) is 5.10. The third-order valence-electron chi connectivity index (χ3n) is 2.25. The number of thiazole rings is 1. The number of oxime groups is 1. The van der Waals surface area contributed by atoms with E-state index in [1.54, 1.807) is 0 Å². The molecular formula is C11H8F2N4O2S. The lowest BCUT2D eigenvalue weighted by molar-refractivity contribution is -0.110. The predicted molar refractivity (Wildman–Crippen MR) is 69.8 cm³/mol. The minimum absolute atomic E-state index is 0.0209. The van der Waals surface area contributed by atoms with Crippen molar-refractivity contribution in [1.29, 1.82) is 0 Å². The normalized spacial score (nSPS) is 11.4. The Labute approximate surface area is 115 Å². The number of hydrogen-bond acceptors (Lipinski definition) is 6. The number of carbonyl (C=O) groups excluding carboxylic acids is 1. The molecule has 104 valence electrons. The van der Waals surface area contributed by atoms with Gasteiger partial charge in [0.1, 0.15) is 0 Å². The number of nitrogen functional groups attached to an aromatic ring is 1. The average molecular weight is 298 g/mol. The van der Waals surface area contributed by atoms with Crippen molar-refractivity contribution in [2.24, 2.45) is 5.16 Å². The van der Waals surface area contributed by atoms with Crippen LogP contribution in [0.2, 0.25) is 0 Å². The number of aromatic nitrogens is 1. The monoisotopic (exact) mass is 298 g/mol. The minimum Gasteiger partial charge on any atom is -0.410 e. The lowest BCUT2D eigenvalue weighted by atomic mass is 10.2. The second-order valence-corrected chi connectivity index (χ2v) is 4.66. The molecule has 0 spiro atoms. The Morgan fingerprint density at radius 1 is 1.40 bits per heavy atom. The van der Waals surface area contributed by atoms with E-state index in [9.17, 15) is 13.6 Å². The van der Waals surface area contributed by atoms with Crippen LogP contribution in [0.25, 0.3) is 0 Å². The van der Waals surface area contributed by atoms with Crippen LogP contribution < -0.4 is 11.1 Å².